The third-order valence-corrected chi connectivity index (χ3v) is 2.68. The van der Waals surface area contributed by atoms with E-state index in [2.05, 4.69) is 5.10 Å². The van der Waals surface area contributed by atoms with Gasteiger partial charge < -0.3 is 9.84 Å². The van der Waals surface area contributed by atoms with Crippen LogP contribution in [-0.4, -0.2) is 28.6 Å². The third kappa shape index (κ3) is 2.47. The van der Waals surface area contributed by atoms with Gasteiger partial charge in [0.25, 0.3) is 0 Å². The van der Waals surface area contributed by atoms with E-state index in [0.29, 0.717) is 6.54 Å². The number of aromatic nitrogens is 2. The highest BCUT2D eigenvalue weighted by atomic mass is 16.5. The molecule has 17 heavy (non-hydrogen) atoms. The minimum atomic E-state index is 0.102. The molecule has 0 fully saturated rings. The van der Waals surface area contributed by atoms with Crippen molar-refractivity contribution in [1.82, 2.24) is 9.78 Å². The van der Waals surface area contributed by atoms with Crippen molar-refractivity contribution in [2.24, 2.45) is 0 Å². The molecule has 0 saturated carbocycles. The summed E-state index contributed by atoms with van der Waals surface area (Å²) in [4.78, 5) is 0. The van der Waals surface area contributed by atoms with Crippen molar-refractivity contribution in [3.63, 3.8) is 0 Å². The van der Waals surface area contributed by atoms with Gasteiger partial charge in [-0.3, -0.25) is 4.68 Å². The van der Waals surface area contributed by atoms with Crippen LogP contribution in [0.15, 0.2) is 30.3 Å². The fourth-order valence-corrected chi connectivity index (χ4v) is 1.73. The fourth-order valence-electron chi connectivity index (χ4n) is 1.73. The number of hydrogen-bond donors (Lipinski definition) is 1. The van der Waals surface area contributed by atoms with Crippen LogP contribution in [0.1, 0.15) is 5.69 Å². The van der Waals surface area contributed by atoms with Crippen LogP contribution in [0.25, 0.3) is 11.3 Å². The number of nitrogens with zero attached hydrogens (tertiary/aromatic N) is 2. The predicted octanol–water partition coefficient (Wildman–Crippen LogP) is 1.86. The van der Waals surface area contributed by atoms with Gasteiger partial charge in [0.1, 0.15) is 5.75 Å². The highest BCUT2D eigenvalue weighted by Crippen LogP contribution is 2.21. The summed E-state index contributed by atoms with van der Waals surface area (Å²) >= 11 is 0. The number of hydrogen-bond acceptors (Lipinski definition) is 3. The van der Waals surface area contributed by atoms with E-state index in [4.69, 9.17) is 9.84 Å². The van der Waals surface area contributed by atoms with E-state index in [1.807, 2.05) is 37.3 Å². The Kier molecular flexibility index (Phi) is 3.44. The van der Waals surface area contributed by atoms with Gasteiger partial charge in [0, 0.05) is 11.3 Å². The van der Waals surface area contributed by atoms with Gasteiger partial charge >= 0.3 is 0 Å². The van der Waals surface area contributed by atoms with E-state index in [1.54, 1.807) is 11.8 Å². The van der Waals surface area contributed by atoms with Crippen LogP contribution in [0.3, 0.4) is 0 Å². The Morgan fingerprint density at radius 1 is 1.29 bits per heavy atom. The van der Waals surface area contributed by atoms with Gasteiger partial charge in [-0.15, -0.1) is 0 Å². The lowest BCUT2D eigenvalue weighted by molar-refractivity contribution is 0.268. The van der Waals surface area contributed by atoms with Gasteiger partial charge in [0.05, 0.1) is 26.0 Å². The number of aryl methyl sites for hydroxylation is 1. The minimum Gasteiger partial charge on any atom is -0.497 e. The zero-order valence-electron chi connectivity index (χ0n) is 10.1. The summed E-state index contributed by atoms with van der Waals surface area (Å²) in [5.41, 5.74) is 3.01. The van der Waals surface area contributed by atoms with E-state index >= 15 is 0 Å². The van der Waals surface area contributed by atoms with Crippen molar-refractivity contribution in [1.29, 1.82) is 0 Å². The van der Waals surface area contributed by atoms with Crippen LogP contribution in [0.5, 0.6) is 5.75 Å². The first-order valence-electron chi connectivity index (χ1n) is 5.54. The van der Waals surface area contributed by atoms with Crippen LogP contribution in [-0.2, 0) is 6.54 Å². The first-order valence-corrected chi connectivity index (χ1v) is 5.54. The monoisotopic (exact) mass is 232 g/mol. The SMILES string of the molecule is COc1ccc(-c2cc(C)n(CCO)n2)cc1. The molecule has 0 atom stereocenters. The van der Waals surface area contributed by atoms with E-state index in [0.717, 1.165) is 22.7 Å². The Balaban J connectivity index is 2.29. The highest BCUT2D eigenvalue weighted by Gasteiger charge is 2.06. The Morgan fingerprint density at radius 3 is 2.59 bits per heavy atom. The average Bonchev–Trinajstić information content (AvgIpc) is 2.72. The molecule has 0 spiro atoms. The quantitative estimate of drug-likeness (QED) is 0.875. The molecule has 4 nitrogen and oxygen atoms in total. The molecule has 4 heteroatoms. The summed E-state index contributed by atoms with van der Waals surface area (Å²) in [6, 6.07) is 9.79. The van der Waals surface area contributed by atoms with Gasteiger partial charge in [-0.05, 0) is 37.3 Å². The number of rotatable bonds is 4. The van der Waals surface area contributed by atoms with Crippen molar-refractivity contribution >= 4 is 0 Å². The molecule has 0 radical (unpaired) electrons. The molecule has 0 saturated heterocycles. The Morgan fingerprint density at radius 2 is 2.00 bits per heavy atom. The third-order valence-electron chi connectivity index (χ3n) is 2.68. The molecule has 1 heterocycles. The molecular formula is C13H16N2O2. The smallest absolute Gasteiger partial charge is 0.118 e. The van der Waals surface area contributed by atoms with E-state index in [-0.39, 0.29) is 6.61 Å². The topological polar surface area (TPSA) is 47.3 Å². The summed E-state index contributed by atoms with van der Waals surface area (Å²) in [6.07, 6.45) is 0. The lowest BCUT2D eigenvalue weighted by atomic mass is 10.1. The van der Waals surface area contributed by atoms with Gasteiger partial charge in [-0.1, -0.05) is 0 Å². The second-order valence-electron chi connectivity index (χ2n) is 3.85. The molecule has 0 unspecified atom stereocenters. The highest BCUT2D eigenvalue weighted by molar-refractivity contribution is 5.60. The first kappa shape index (κ1) is 11.7. The number of methoxy groups -OCH3 is 1. The van der Waals surface area contributed by atoms with Crippen molar-refractivity contribution in [3.05, 3.63) is 36.0 Å². The van der Waals surface area contributed by atoms with Gasteiger partial charge in [0.2, 0.25) is 0 Å². The molecule has 2 aromatic rings. The van der Waals surface area contributed by atoms with Gasteiger partial charge in [-0.2, -0.15) is 5.10 Å². The molecule has 1 aromatic carbocycles. The Bertz CT molecular complexity index is 489. The van der Waals surface area contributed by atoms with E-state index in [1.165, 1.54) is 0 Å². The maximum Gasteiger partial charge on any atom is 0.118 e. The lowest BCUT2D eigenvalue weighted by Crippen LogP contribution is -2.05. The number of aliphatic hydroxyl groups is 1. The van der Waals surface area contributed by atoms with Crippen molar-refractivity contribution in [3.8, 4) is 17.0 Å². The fraction of sp³-hybridized carbons (Fsp3) is 0.308. The molecule has 1 aromatic heterocycles. The molecular weight excluding hydrogens is 216 g/mol. The summed E-state index contributed by atoms with van der Waals surface area (Å²) < 4.78 is 6.92. The maximum absolute atomic E-state index is 8.91. The van der Waals surface area contributed by atoms with Crippen LogP contribution in [0.2, 0.25) is 0 Å². The molecule has 0 bridgehead atoms. The van der Waals surface area contributed by atoms with Crippen molar-refractivity contribution in [2.45, 2.75) is 13.5 Å². The number of aliphatic hydroxyl groups excluding tert-OH is 1. The average molecular weight is 232 g/mol. The number of ether oxygens (including phenoxy) is 1. The molecule has 90 valence electrons. The van der Waals surface area contributed by atoms with Crippen LogP contribution >= 0.6 is 0 Å². The molecule has 0 amide bonds. The molecule has 2 rings (SSSR count). The predicted molar refractivity (Wildman–Crippen MR) is 66.0 cm³/mol. The molecule has 0 aliphatic rings. The lowest BCUT2D eigenvalue weighted by Gasteiger charge is -2.01. The van der Waals surface area contributed by atoms with Gasteiger partial charge in [-0.25, -0.2) is 0 Å². The van der Waals surface area contributed by atoms with Crippen LogP contribution < -0.4 is 4.74 Å². The first-order chi connectivity index (χ1) is 8.24. The zero-order chi connectivity index (χ0) is 12.3. The second kappa shape index (κ2) is 5.01. The summed E-state index contributed by atoms with van der Waals surface area (Å²) in [7, 11) is 1.65. The van der Waals surface area contributed by atoms with Crippen LogP contribution in [0, 0.1) is 6.92 Å². The van der Waals surface area contributed by atoms with E-state index < -0.39 is 0 Å². The molecule has 1 N–H and O–H groups in total. The van der Waals surface area contributed by atoms with Crippen LogP contribution in [0.4, 0.5) is 0 Å². The maximum atomic E-state index is 8.91. The summed E-state index contributed by atoms with van der Waals surface area (Å²) in [6.45, 7) is 2.61. The molecule has 0 aliphatic carbocycles. The second-order valence-corrected chi connectivity index (χ2v) is 3.85. The van der Waals surface area contributed by atoms with E-state index in [9.17, 15) is 0 Å². The molecule has 0 aliphatic heterocycles. The van der Waals surface area contributed by atoms with Crippen molar-refractivity contribution < 1.29 is 9.84 Å². The standard InChI is InChI=1S/C13H16N2O2/c1-10-9-13(14-15(10)7-8-16)11-3-5-12(17-2)6-4-11/h3-6,9,16H,7-8H2,1-2H3. The summed E-state index contributed by atoms with van der Waals surface area (Å²) in [5, 5.41) is 13.4. The zero-order valence-corrected chi connectivity index (χ0v) is 10.1. The van der Waals surface area contributed by atoms with Gasteiger partial charge in [0.15, 0.2) is 0 Å². The minimum absolute atomic E-state index is 0.102. The summed E-state index contributed by atoms with van der Waals surface area (Å²) in [5.74, 6) is 0.834. The Hall–Kier alpha value is -1.81. The van der Waals surface area contributed by atoms with Crippen molar-refractivity contribution in [2.75, 3.05) is 13.7 Å². The Labute approximate surface area is 100 Å². The largest absolute Gasteiger partial charge is 0.497 e. The normalized spacial score (nSPS) is 10.5. The number of benzene rings is 1.